The van der Waals surface area contributed by atoms with Crippen LogP contribution >= 0.6 is 0 Å². The van der Waals surface area contributed by atoms with Gasteiger partial charge < -0.3 is 24.2 Å². The van der Waals surface area contributed by atoms with E-state index in [1.54, 1.807) is 0 Å². The van der Waals surface area contributed by atoms with Crippen LogP contribution in [0.5, 0.6) is 11.5 Å². The maximum Gasteiger partial charge on any atom is 0.416 e. The second-order valence-corrected chi connectivity index (χ2v) is 11.2. The minimum absolute atomic E-state index is 0.193. The van der Waals surface area contributed by atoms with E-state index in [1.165, 1.54) is 10.5 Å². The molecule has 2 unspecified atom stereocenters. The molecule has 0 radical (unpaired) electrons. The van der Waals surface area contributed by atoms with Crippen LogP contribution in [0.15, 0.2) is 24.3 Å². The number of hydrogen-bond donors (Lipinski definition) is 2. The van der Waals surface area contributed by atoms with Crippen LogP contribution in [-0.4, -0.2) is 103 Å². The number of nitrogens with zero attached hydrogens (tertiary/aromatic N) is 3. The van der Waals surface area contributed by atoms with Gasteiger partial charge in [-0.05, 0) is 50.9 Å². The normalized spacial score (nSPS) is 36.2. The van der Waals surface area contributed by atoms with Gasteiger partial charge in [-0.2, -0.15) is 0 Å². The Labute approximate surface area is 216 Å². The molecule has 4 aliphatic heterocycles. The number of carbonyl (C=O) groups excluding carboxylic acids is 2. The van der Waals surface area contributed by atoms with Crippen molar-refractivity contribution in [3.8, 4) is 11.5 Å². The van der Waals surface area contributed by atoms with E-state index in [1.807, 2.05) is 17.2 Å². The Bertz CT molecular complexity index is 1150. The summed E-state index contributed by atoms with van der Waals surface area (Å²) in [6.45, 7) is 3.79. The molecule has 2 N–H and O–H groups in total. The molecule has 198 valence electrons. The number of ether oxygens (including phenoxy) is 3. The molecule has 6 aliphatic rings. The van der Waals surface area contributed by atoms with Crippen molar-refractivity contribution in [1.29, 1.82) is 0 Å². The van der Waals surface area contributed by atoms with Gasteiger partial charge in [0.05, 0.1) is 13.2 Å². The van der Waals surface area contributed by atoms with Crippen LogP contribution in [0.1, 0.15) is 30.4 Å². The Balaban J connectivity index is 1.15. The summed E-state index contributed by atoms with van der Waals surface area (Å²) in [5.74, 6) is 1.00. The highest BCUT2D eigenvalue weighted by atomic mass is 16.6. The standard InChI is InChI=1S/C27H34N4O6/c1-29-10-8-27-17-5-6-20(32)24(27)37-23-21(7-4-16(22(23)27)15-19(17)29)36-26(34)31-9-2-3-18(31)25(33)28-30-11-13-35-14-12-30/h4-7,17-20,24,32H,2-3,8-15H2,1H3,(H,28,33)/t17?,18-,19?,20-,24-,27-/m0/s1. The van der Waals surface area contributed by atoms with Crippen LogP contribution in [0.3, 0.4) is 0 Å². The lowest BCUT2D eigenvalue weighted by Crippen LogP contribution is -2.64. The predicted octanol–water partition coefficient (Wildman–Crippen LogP) is 0.819. The summed E-state index contributed by atoms with van der Waals surface area (Å²) in [7, 11) is 2.17. The molecule has 2 aliphatic carbocycles. The van der Waals surface area contributed by atoms with Crippen molar-refractivity contribution in [2.75, 3.05) is 46.4 Å². The summed E-state index contributed by atoms with van der Waals surface area (Å²) < 4.78 is 17.8. The summed E-state index contributed by atoms with van der Waals surface area (Å²) in [5, 5.41) is 12.8. The minimum atomic E-state index is -0.714. The highest BCUT2D eigenvalue weighted by Gasteiger charge is 2.64. The number of carbonyl (C=O) groups is 2. The number of rotatable bonds is 3. The van der Waals surface area contributed by atoms with E-state index in [0.29, 0.717) is 56.8 Å². The van der Waals surface area contributed by atoms with Gasteiger partial charge in [0.2, 0.25) is 0 Å². The lowest BCUT2D eigenvalue weighted by Gasteiger charge is -2.56. The summed E-state index contributed by atoms with van der Waals surface area (Å²) in [6, 6.07) is 3.64. The molecule has 10 nitrogen and oxygen atoms in total. The Morgan fingerprint density at radius 1 is 1.16 bits per heavy atom. The molecule has 0 aromatic heterocycles. The molecule has 2 amide bonds. The first-order valence-corrected chi connectivity index (χ1v) is 13.5. The van der Waals surface area contributed by atoms with Gasteiger partial charge in [-0.3, -0.25) is 15.1 Å². The zero-order valence-corrected chi connectivity index (χ0v) is 21.1. The van der Waals surface area contributed by atoms with Gasteiger partial charge in [0, 0.05) is 42.6 Å². The minimum Gasteiger partial charge on any atom is -0.482 e. The number of hydrazine groups is 1. The third-order valence-electron chi connectivity index (χ3n) is 9.40. The molecule has 1 spiro atoms. The van der Waals surface area contributed by atoms with Crippen molar-refractivity contribution < 1.29 is 28.9 Å². The zero-order chi connectivity index (χ0) is 25.3. The summed E-state index contributed by atoms with van der Waals surface area (Å²) in [4.78, 5) is 30.3. The van der Waals surface area contributed by atoms with Gasteiger partial charge in [-0.25, -0.2) is 9.80 Å². The van der Waals surface area contributed by atoms with Crippen LogP contribution in [0.4, 0.5) is 4.79 Å². The van der Waals surface area contributed by atoms with Gasteiger partial charge in [-0.15, -0.1) is 0 Å². The number of likely N-dealkylation sites (tertiary alicyclic amines) is 2. The first-order valence-electron chi connectivity index (χ1n) is 13.5. The maximum absolute atomic E-state index is 13.4. The van der Waals surface area contributed by atoms with Crippen LogP contribution in [0.2, 0.25) is 0 Å². The molecular weight excluding hydrogens is 476 g/mol. The Kier molecular flexibility index (Phi) is 5.51. The van der Waals surface area contributed by atoms with Crippen molar-refractivity contribution in [1.82, 2.24) is 20.2 Å². The molecule has 0 saturated carbocycles. The largest absolute Gasteiger partial charge is 0.482 e. The van der Waals surface area contributed by atoms with Gasteiger partial charge in [-0.1, -0.05) is 18.2 Å². The molecule has 1 aromatic carbocycles. The Hall–Kier alpha value is -2.66. The number of benzene rings is 1. The van der Waals surface area contributed by atoms with Crippen LogP contribution in [0, 0.1) is 5.92 Å². The lowest BCUT2D eigenvalue weighted by atomic mass is 9.53. The van der Waals surface area contributed by atoms with E-state index in [0.717, 1.165) is 31.4 Å². The quantitative estimate of drug-likeness (QED) is 0.577. The number of morpholine rings is 1. The molecule has 37 heavy (non-hydrogen) atoms. The number of likely N-dealkylation sites (N-methyl/N-ethyl adjacent to an activating group) is 1. The van der Waals surface area contributed by atoms with Crippen molar-refractivity contribution in [2.24, 2.45) is 5.92 Å². The van der Waals surface area contributed by atoms with E-state index in [2.05, 4.69) is 29.5 Å². The molecule has 2 bridgehead atoms. The molecule has 10 heteroatoms. The number of amides is 2. The first-order chi connectivity index (χ1) is 18.0. The van der Waals surface area contributed by atoms with E-state index in [-0.39, 0.29) is 17.2 Å². The number of aliphatic hydroxyl groups excluding tert-OH is 1. The number of piperidine rings is 1. The molecule has 3 fully saturated rings. The van der Waals surface area contributed by atoms with Crippen molar-refractivity contribution in [2.45, 2.75) is 55.4 Å². The fraction of sp³-hybridized carbons (Fsp3) is 0.630. The van der Waals surface area contributed by atoms with E-state index in [4.69, 9.17) is 14.2 Å². The average Bonchev–Trinajstić information content (AvgIpc) is 3.53. The SMILES string of the molecule is CN1CC[C@]23c4c5ccc(OC(=O)N6CCC[C@H]6C(=O)NN6CCOCC6)c4O[C@H]2[C@@H](O)C=CC3C1C5. The molecular formula is C27H34N4O6. The first kappa shape index (κ1) is 23.5. The third-order valence-corrected chi connectivity index (χ3v) is 9.40. The number of aliphatic hydroxyl groups is 1. The van der Waals surface area contributed by atoms with E-state index < -0.39 is 24.3 Å². The monoisotopic (exact) mass is 510 g/mol. The van der Waals surface area contributed by atoms with Crippen LogP contribution in [-0.2, 0) is 21.4 Å². The van der Waals surface area contributed by atoms with Gasteiger partial charge in [0.25, 0.3) is 5.91 Å². The molecule has 1 aromatic rings. The number of hydrogen-bond acceptors (Lipinski definition) is 8. The fourth-order valence-electron chi connectivity index (χ4n) is 7.62. The molecule has 3 saturated heterocycles. The Morgan fingerprint density at radius 2 is 2.00 bits per heavy atom. The molecule has 6 atom stereocenters. The second-order valence-electron chi connectivity index (χ2n) is 11.2. The van der Waals surface area contributed by atoms with Crippen LogP contribution < -0.4 is 14.9 Å². The highest BCUT2D eigenvalue weighted by molar-refractivity contribution is 5.86. The number of nitrogens with one attached hydrogen (secondary N) is 1. The van der Waals surface area contributed by atoms with Gasteiger partial charge in [0.1, 0.15) is 18.2 Å². The van der Waals surface area contributed by atoms with E-state index in [9.17, 15) is 14.7 Å². The highest BCUT2D eigenvalue weighted by Crippen LogP contribution is 2.62. The Morgan fingerprint density at radius 3 is 2.84 bits per heavy atom. The molecule has 4 heterocycles. The smallest absolute Gasteiger partial charge is 0.416 e. The van der Waals surface area contributed by atoms with Gasteiger partial charge in [0.15, 0.2) is 11.5 Å². The van der Waals surface area contributed by atoms with Crippen LogP contribution in [0.25, 0.3) is 0 Å². The second kappa shape index (κ2) is 8.69. The maximum atomic E-state index is 13.4. The van der Waals surface area contributed by atoms with E-state index >= 15 is 0 Å². The lowest BCUT2D eigenvalue weighted by molar-refractivity contribution is -0.131. The summed E-state index contributed by atoms with van der Waals surface area (Å²) in [6.07, 6.45) is 5.49. The average molecular weight is 511 g/mol. The fourth-order valence-corrected chi connectivity index (χ4v) is 7.62. The van der Waals surface area contributed by atoms with Crippen molar-refractivity contribution >= 4 is 12.0 Å². The van der Waals surface area contributed by atoms with Crippen molar-refractivity contribution in [3.05, 3.63) is 35.4 Å². The summed E-state index contributed by atoms with van der Waals surface area (Å²) in [5.41, 5.74) is 4.93. The van der Waals surface area contributed by atoms with Gasteiger partial charge >= 0.3 is 6.09 Å². The van der Waals surface area contributed by atoms with Crippen molar-refractivity contribution in [3.63, 3.8) is 0 Å². The molecule has 7 rings (SSSR count). The summed E-state index contributed by atoms with van der Waals surface area (Å²) >= 11 is 0. The topological polar surface area (TPSA) is 104 Å². The zero-order valence-electron chi connectivity index (χ0n) is 21.1. The third kappa shape index (κ3) is 3.46. The predicted molar refractivity (Wildman–Crippen MR) is 132 cm³/mol.